The lowest BCUT2D eigenvalue weighted by atomic mass is 11.2. The third-order valence-corrected chi connectivity index (χ3v) is 0.667. The van der Waals surface area contributed by atoms with Crippen molar-refractivity contribution in [3.05, 3.63) is 12.2 Å². The van der Waals surface area contributed by atoms with Gasteiger partial charge in [0.2, 0.25) is 0 Å². The first-order valence-corrected chi connectivity index (χ1v) is 2.17. The van der Waals surface area contributed by atoms with Crippen molar-refractivity contribution in [1.82, 2.24) is 0 Å². The minimum Gasteiger partial charge on any atom is -0.481 e. The molecule has 0 fully saturated rings. The Morgan fingerprint density at radius 2 is 1.78 bits per heavy atom. The summed E-state index contributed by atoms with van der Waals surface area (Å²) in [6.45, 7) is 3.01. The van der Waals surface area contributed by atoms with Gasteiger partial charge in [0, 0.05) is 5.57 Å². The molecule has 0 radical (unpaired) electrons. The van der Waals surface area contributed by atoms with Crippen molar-refractivity contribution in [2.24, 2.45) is 0 Å². The molecule has 0 aliphatic rings. The molecule has 0 bridgehead atoms. The molecule has 0 aromatic heterocycles. The Bertz CT molecular complexity index is 158. The molecule has 2 N–H and O–H groups in total. The van der Waals surface area contributed by atoms with Crippen LogP contribution in [-0.4, -0.2) is 22.2 Å². The van der Waals surface area contributed by atoms with E-state index in [0.29, 0.717) is 0 Å². The molecule has 0 rings (SSSR count). The third kappa shape index (κ3) is 3.28. The van der Waals surface area contributed by atoms with Crippen LogP contribution in [0.15, 0.2) is 12.2 Å². The lowest BCUT2D eigenvalue weighted by Gasteiger charge is -1.91. The number of hydrogen-bond donors (Lipinski definition) is 2. The lowest BCUT2D eigenvalue weighted by molar-refractivity contribution is -0.139. The second kappa shape index (κ2) is 2.86. The van der Waals surface area contributed by atoms with Crippen LogP contribution in [0.4, 0.5) is 0 Å². The van der Waals surface area contributed by atoms with E-state index >= 15 is 0 Å². The summed E-state index contributed by atoms with van der Waals surface area (Å²) in [5, 5.41) is 16.1. The van der Waals surface area contributed by atoms with E-state index in [0.717, 1.165) is 0 Å². The van der Waals surface area contributed by atoms with Gasteiger partial charge in [0.05, 0.1) is 6.42 Å². The van der Waals surface area contributed by atoms with E-state index in [9.17, 15) is 9.59 Å². The monoisotopic (exact) mass is 135 g/mol. The molecule has 0 spiro atoms. The van der Waals surface area contributed by atoms with Gasteiger partial charge in [-0.1, -0.05) is 6.58 Å². The molecular weight excluding hydrogens is 129 g/mol. The average molecular weight is 135 g/mol. The Hall–Kier alpha value is -1.32. The summed E-state index contributed by atoms with van der Waals surface area (Å²) >= 11 is 0. The first-order valence-electron chi connectivity index (χ1n) is 2.17. The number of carbonyl (C=O) groups is 2. The topological polar surface area (TPSA) is 74.6 Å². The van der Waals surface area contributed by atoms with Gasteiger partial charge in [-0.05, 0) is 0 Å². The highest BCUT2D eigenvalue weighted by molar-refractivity contribution is 5.91. The number of carboxylic acids is 2. The molecule has 4 nitrogen and oxygen atoms in total. The van der Waals surface area contributed by atoms with Crippen LogP contribution in [0.1, 0.15) is 6.42 Å². The second-order valence-electron chi connectivity index (χ2n) is 1.48. The maximum Gasteiger partial charge on any atom is 0.331 e. The number of rotatable bonds is 3. The zero-order valence-electron chi connectivity index (χ0n) is 4.63. The minimum absolute atomic E-state index is 0.303. The van der Waals surface area contributed by atoms with Gasteiger partial charge in [0.15, 0.2) is 0 Å². The summed E-state index contributed by atoms with van der Waals surface area (Å²) < 4.78 is 0. The maximum absolute atomic E-state index is 9.87. The van der Waals surface area contributed by atoms with Gasteiger partial charge < -0.3 is 10.2 Å². The Kier molecular flexibility index (Phi) is 2.44. The van der Waals surface area contributed by atoms with E-state index in [-0.39, 0.29) is 5.57 Å². The van der Waals surface area contributed by atoms with Crippen molar-refractivity contribution in [2.45, 2.75) is 6.42 Å². The highest BCUT2D eigenvalue weighted by Crippen LogP contribution is 1.95. The van der Waals surface area contributed by atoms with E-state index < -0.39 is 18.4 Å². The molecule has 0 aromatic rings. The molecule has 0 atom stereocenters. The molecule has 0 heterocycles. The molecule has 4 heteroatoms. The number of aliphatic carboxylic acids is 2. The van der Waals surface area contributed by atoms with Crippen molar-refractivity contribution in [3.63, 3.8) is 0 Å². The molecule has 0 unspecified atom stereocenters. The summed E-state index contributed by atoms with van der Waals surface area (Å²) in [4.78, 5) is 19.7. The SMILES string of the molecule is [13CH2]=[13C]([13CH2][13C](=O)O)[13C](=O)O. The van der Waals surface area contributed by atoms with Crippen molar-refractivity contribution in [1.29, 1.82) is 0 Å². The second-order valence-corrected chi connectivity index (χ2v) is 1.48. The smallest absolute Gasteiger partial charge is 0.331 e. The molecule has 0 aliphatic carbocycles. The lowest BCUT2D eigenvalue weighted by Crippen LogP contribution is -2.04. The van der Waals surface area contributed by atoms with Crippen LogP contribution in [0.2, 0.25) is 0 Å². The quantitative estimate of drug-likeness (QED) is 0.425. The molecule has 0 aliphatic heterocycles. The zero-order valence-corrected chi connectivity index (χ0v) is 4.63. The first-order chi connectivity index (χ1) is 4.04. The molecule has 50 valence electrons. The molecule has 0 saturated heterocycles. The first kappa shape index (κ1) is 7.68. The van der Waals surface area contributed by atoms with Crippen LogP contribution in [-0.2, 0) is 9.59 Å². The predicted octanol–water partition coefficient (Wildman–Crippen LogP) is 0.102. The largest absolute Gasteiger partial charge is 0.481 e. The Morgan fingerprint density at radius 1 is 1.33 bits per heavy atom. The molecular formula is C5H6O4. The Balaban J connectivity index is 3.79. The molecule has 0 saturated carbocycles. The van der Waals surface area contributed by atoms with Crippen molar-refractivity contribution in [2.75, 3.05) is 0 Å². The minimum atomic E-state index is -1.27. The van der Waals surface area contributed by atoms with E-state index in [4.69, 9.17) is 10.2 Å². The fraction of sp³-hybridized carbons (Fsp3) is 0.200. The molecule has 0 aromatic carbocycles. The number of hydrogen-bond acceptors (Lipinski definition) is 2. The van der Waals surface area contributed by atoms with Crippen LogP contribution in [0.25, 0.3) is 0 Å². The predicted molar refractivity (Wildman–Crippen MR) is 29.0 cm³/mol. The van der Waals surface area contributed by atoms with Crippen molar-refractivity contribution in [3.8, 4) is 0 Å². The van der Waals surface area contributed by atoms with Gasteiger partial charge in [-0.25, -0.2) is 4.79 Å². The van der Waals surface area contributed by atoms with Crippen LogP contribution in [0, 0.1) is 0 Å². The standard InChI is InChI=1S/C5H6O4/c1-3(5(8)9)2-4(6)7/h1-2H2,(H,6,7)(H,8,9)/i1+1,2+1,3+1,4+1,5+1. The normalized spacial score (nSPS) is 8.44. The molecule has 9 heavy (non-hydrogen) atoms. The summed E-state index contributed by atoms with van der Waals surface area (Å²) in [6, 6.07) is 0. The van der Waals surface area contributed by atoms with Gasteiger partial charge in [-0.2, -0.15) is 0 Å². The fourth-order valence-electron chi connectivity index (χ4n) is 0.258. The van der Waals surface area contributed by atoms with E-state index in [2.05, 4.69) is 6.58 Å². The third-order valence-electron chi connectivity index (χ3n) is 0.667. The summed E-state index contributed by atoms with van der Waals surface area (Å²) in [7, 11) is 0. The average Bonchev–Trinajstić information content (AvgIpc) is 1.63. The van der Waals surface area contributed by atoms with Crippen molar-refractivity contribution >= 4 is 11.9 Å². The van der Waals surface area contributed by atoms with Crippen LogP contribution in [0.3, 0.4) is 0 Å². The van der Waals surface area contributed by atoms with Gasteiger partial charge in [-0.15, -0.1) is 0 Å². The number of carboxylic acid groups (broad SMARTS) is 2. The van der Waals surface area contributed by atoms with Gasteiger partial charge in [0.1, 0.15) is 0 Å². The maximum atomic E-state index is 9.87. The van der Waals surface area contributed by atoms with E-state index in [1.807, 2.05) is 0 Å². The Morgan fingerprint density at radius 3 is 1.89 bits per heavy atom. The fourth-order valence-corrected chi connectivity index (χ4v) is 0.258. The van der Waals surface area contributed by atoms with Crippen LogP contribution >= 0.6 is 0 Å². The van der Waals surface area contributed by atoms with Gasteiger partial charge in [0.25, 0.3) is 0 Å². The summed E-state index contributed by atoms with van der Waals surface area (Å²) in [5.74, 6) is -2.44. The van der Waals surface area contributed by atoms with Crippen molar-refractivity contribution < 1.29 is 19.8 Å². The zero-order chi connectivity index (χ0) is 7.44. The van der Waals surface area contributed by atoms with Crippen LogP contribution in [0.5, 0.6) is 0 Å². The van der Waals surface area contributed by atoms with Gasteiger partial charge >= 0.3 is 11.9 Å². The highest BCUT2D eigenvalue weighted by atomic mass is 16.5. The van der Waals surface area contributed by atoms with E-state index in [1.54, 1.807) is 0 Å². The van der Waals surface area contributed by atoms with Crippen LogP contribution < -0.4 is 0 Å². The summed E-state index contributed by atoms with van der Waals surface area (Å²) in [5.41, 5.74) is -0.303. The highest BCUT2D eigenvalue weighted by Gasteiger charge is 2.07. The molecule has 0 amide bonds. The van der Waals surface area contributed by atoms with E-state index in [1.165, 1.54) is 0 Å². The summed E-state index contributed by atoms with van der Waals surface area (Å²) in [6.07, 6.45) is -0.505. The van der Waals surface area contributed by atoms with Gasteiger partial charge in [-0.3, -0.25) is 4.79 Å². The Labute approximate surface area is 51.4 Å².